The minimum absolute atomic E-state index is 0.200. The molecule has 8 heteroatoms. The SMILES string of the molecule is Oc1c(I)cc(I)cc1/C=N\n1c(-c2ccccc2)n[nH]c1=S. The van der Waals surface area contributed by atoms with E-state index in [1.165, 1.54) is 4.68 Å². The topological polar surface area (TPSA) is 66.2 Å². The molecule has 0 amide bonds. The Bertz CT molecular complexity index is 934. The first kappa shape index (κ1) is 16.6. The lowest BCUT2D eigenvalue weighted by molar-refractivity contribution is 0.470. The van der Waals surface area contributed by atoms with Gasteiger partial charge in [0.1, 0.15) is 5.75 Å². The minimum atomic E-state index is 0.200. The zero-order valence-corrected chi connectivity index (χ0v) is 16.7. The van der Waals surface area contributed by atoms with E-state index in [1.54, 1.807) is 6.21 Å². The van der Waals surface area contributed by atoms with Gasteiger partial charge in [0, 0.05) is 14.7 Å². The second-order valence-corrected chi connectivity index (χ2v) is 7.39. The van der Waals surface area contributed by atoms with E-state index < -0.39 is 0 Å². The highest BCUT2D eigenvalue weighted by atomic mass is 127. The van der Waals surface area contributed by atoms with Crippen LogP contribution in [0, 0.1) is 11.9 Å². The Morgan fingerprint density at radius 1 is 1.22 bits per heavy atom. The zero-order valence-electron chi connectivity index (χ0n) is 11.6. The van der Waals surface area contributed by atoms with Crippen LogP contribution in [0.25, 0.3) is 11.4 Å². The van der Waals surface area contributed by atoms with Crippen molar-refractivity contribution in [3.8, 4) is 17.1 Å². The van der Waals surface area contributed by atoms with Gasteiger partial charge in [0.2, 0.25) is 4.77 Å². The first-order valence-electron chi connectivity index (χ1n) is 6.51. The molecule has 3 rings (SSSR count). The second-order valence-electron chi connectivity index (χ2n) is 4.60. The van der Waals surface area contributed by atoms with Crippen LogP contribution in [0.5, 0.6) is 5.75 Å². The molecule has 5 nitrogen and oxygen atoms in total. The number of hydrogen-bond donors (Lipinski definition) is 2. The Kier molecular flexibility index (Phi) is 5.11. The fourth-order valence-corrected chi connectivity index (χ4v) is 4.05. The molecule has 1 aromatic heterocycles. The molecular formula is C15H10I2N4OS. The number of hydrogen-bond acceptors (Lipinski definition) is 4. The lowest BCUT2D eigenvalue weighted by Crippen LogP contribution is -1.96. The van der Waals surface area contributed by atoms with Gasteiger partial charge >= 0.3 is 0 Å². The lowest BCUT2D eigenvalue weighted by Gasteiger charge is -2.04. The third-order valence-electron chi connectivity index (χ3n) is 3.05. The summed E-state index contributed by atoms with van der Waals surface area (Å²) in [6.45, 7) is 0. The summed E-state index contributed by atoms with van der Waals surface area (Å²) >= 11 is 9.53. The van der Waals surface area contributed by atoms with Crippen LogP contribution in [-0.4, -0.2) is 26.2 Å². The summed E-state index contributed by atoms with van der Waals surface area (Å²) in [5, 5.41) is 21.5. The van der Waals surface area contributed by atoms with Crippen molar-refractivity contribution in [3.05, 3.63) is 59.9 Å². The molecule has 1 heterocycles. The predicted molar refractivity (Wildman–Crippen MR) is 109 cm³/mol. The summed E-state index contributed by atoms with van der Waals surface area (Å²) in [4.78, 5) is 0. The maximum absolute atomic E-state index is 10.1. The van der Waals surface area contributed by atoms with Gasteiger partial charge in [0.05, 0.1) is 9.78 Å². The first-order valence-corrected chi connectivity index (χ1v) is 9.08. The molecule has 2 N–H and O–H groups in total. The van der Waals surface area contributed by atoms with Crippen molar-refractivity contribution >= 4 is 63.6 Å². The number of nitrogens with one attached hydrogen (secondary N) is 1. The zero-order chi connectivity index (χ0) is 16.4. The van der Waals surface area contributed by atoms with Gasteiger partial charge in [-0.2, -0.15) is 14.9 Å². The van der Waals surface area contributed by atoms with Crippen LogP contribution < -0.4 is 0 Å². The Morgan fingerprint density at radius 3 is 2.70 bits per heavy atom. The average Bonchev–Trinajstić information content (AvgIpc) is 2.91. The molecule has 3 aromatic rings. The van der Waals surface area contributed by atoms with E-state index in [2.05, 4.69) is 60.5 Å². The van der Waals surface area contributed by atoms with Crippen LogP contribution in [0.15, 0.2) is 47.6 Å². The number of aromatic amines is 1. The van der Waals surface area contributed by atoms with Gasteiger partial charge in [-0.15, -0.1) is 0 Å². The van der Waals surface area contributed by atoms with Gasteiger partial charge in [-0.3, -0.25) is 0 Å². The third-order valence-corrected chi connectivity index (χ3v) is 4.76. The van der Waals surface area contributed by atoms with Gasteiger partial charge < -0.3 is 5.11 Å². The molecule has 0 unspecified atom stereocenters. The van der Waals surface area contributed by atoms with Crippen LogP contribution in [0.1, 0.15) is 5.56 Å². The number of rotatable bonds is 3. The van der Waals surface area contributed by atoms with E-state index in [0.717, 1.165) is 12.7 Å². The van der Waals surface area contributed by atoms with E-state index in [-0.39, 0.29) is 5.75 Å². The van der Waals surface area contributed by atoms with Gasteiger partial charge in [-0.05, 0) is 69.5 Å². The van der Waals surface area contributed by atoms with E-state index in [0.29, 0.717) is 16.2 Å². The van der Waals surface area contributed by atoms with Crippen molar-refractivity contribution < 1.29 is 5.11 Å². The molecule has 0 radical (unpaired) electrons. The Balaban J connectivity index is 2.05. The summed E-state index contributed by atoms with van der Waals surface area (Å²) in [6.07, 6.45) is 1.58. The fraction of sp³-hybridized carbons (Fsp3) is 0. The molecule has 0 spiro atoms. The van der Waals surface area contributed by atoms with E-state index in [4.69, 9.17) is 12.2 Å². The van der Waals surface area contributed by atoms with Crippen molar-refractivity contribution in [2.45, 2.75) is 0 Å². The molecule has 0 fully saturated rings. The lowest BCUT2D eigenvalue weighted by atomic mass is 10.2. The van der Waals surface area contributed by atoms with Gasteiger partial charge in [-0.1, -0.05) is 30.3 Å². The van der Waals surface area contributed by atoms with E-state index in [9.17, 15) is 5.11 Å². The first-order chi connectivity index (χ1) is 11.1. The highest BCUT2D eigenvalue weighted by Gasteiger charge is 2.09. The highest BCUT2D eigenvalue weighted by Crippen LogP contribution is 2.26. The van der Waals surface area contributed by atoms with Crippen molar-refractivity contribution in [1.82, 2.24) is 14.9 Å². The molecule has 0 aliphatic heterocycles. The summed E-state index contributed by atoms with van der Waals surface area (Å²) in [5.74, 6) is 0.817. The van der Waals surface area contributed by atoms with Crippen LogP contribution in [-0.2, 0) is 0 Å². The number of H-pyrrole nitrogens is 1. The third kappa shape index (κ3) is 3.63. The van der Waals surface area contributed by atoms with Gasteiger partial charge in [-0.25, -0.2) is 5.10 Å². The Labute approximate surface area is 164 Å². The highest BCUT2D eigenvalue weighted by molar-refractivity contribution is 14.1. The van der Waals surface area contributed by atoms with Crippen LogP contribution in [0.4, 0.5) is 0 Å². The molecule has 0 aliphatic carbocycles. The molecular weight excluding hydrogens is 538 g/mol. The monoisotopic (exact) mass is 548 g/mol. The number of aromatic hydroxyl groups is 1. The normalized spacial score (nSPS) is 11.2. The van der Waals surface area contributed by atoms with Crippen LogP contribution >= 0.6 is 57.4 Å². The number of phenols is 1. The van der Waals surface area contributed by atoms with Crippen molar-refractivity contribution in [2.75, 3.05) is 0 Å². The minimum Gasteiger partial charge on any atom is -0.506 e. The van der Waals surface area contributed by atoms with Gasteiger partial charge in [0.25, 0.3) is 0 Å². The predicted octanol–water partition coefficient (Wildman–Crippen LogP) is 4.40. The van der Waals surface area contributed by atoms with Gasteiger partial charge in [0.15, 0.2) is 5.82 Å². The summed E-state index contributed by atoms with van der Waals surface area (Å²) in [5.41, 5.74) is 1.53. The van der Waals surface area contributed by atoms with Crippen molar-refractivity contribution in [1.29, 1.82) is 0 Å². The molecule has 23 heavy (non-hydrogen) atoms. The van der Waals surface area contributed by atoms with E-state index >= 15 is 0 Å². The van der Waals surface area contributed by atoms with E-state index in [1.807, 2.05) is 42.5 Å². The number of phenolic OH excluding ortho intramolecular Hbond substituents is 1. The molecule has 0 atom stereocenters. The molecule has 0 saturated heterocycles. The van der Waals surface area contributed by atoms with Crippen molar-refractivity contribution in [2.24, 2.45) is 5.10 Å². The molecule has 0 bridgehead atoms. The number of benzene rings is 2. The molecule has 0 saturated carbocycles. The standard InChI is InChI=1S/C15H10I2N4OS/c16-11-6-10(13(22)12(17)7-11)8-18-21-14(19-20-15(21)23)9-4-2-1-3-5-9/h1-8,22H,(H,20,23)/b18-8-. The number of halogens is 2. The van der Waals surface area contributed by atoms with Crippen LogP contribution in [0.3, 0.4) is 0 Å². The Hall–Kier alpha value is -1.27. The maximum Gasteiger partial charge on any atom is 0.216 e. The summed E-state index contributed by atoms with van der Waals surface area (Å²) in [7, 11) is 0. The molecule has 0 aliphatic rings. The van der Waals surface area contributed by atoms with Crippen molar-refractivity contribution in [3.63, 3.8) is 0 Å². The molecule has 2 aromatic carbocycles. The fourth-order valence-electron chi connectivity index (χ4n) is 1.98. The second kappa shape index (κ2) is 7.09. The number of nitrogens with zero attached hydrogens (tertiary/aromatic N) is 3. The summed E-state index contributed by atoms with van der Waals surface area (Å²) in [6, 6.07) is 13.4. The number of aromatic nitrogens is 3. The molecule has 116 valence electrons. The summed E-state index contributed by atoms with van der Waals surface area (Å²) < 4.78 is 3.72. The van der Waals surface area contributed by atoms with Crippen LogP contribution in [0.2, 0.25) is 0 Å². The Morgan fingerprint density at radius 2 is 1.96 bits per heavy atom. The largest absolute Gasteiger partial charge is 0.506 e. The maximum atomic E-state index is 10.1. The quantitative estimate of drug-likeness (QED) is 0.290. The smallest absolute Gasteiger partial charge is 0.216 e. The average molecular weight is 548 g/mol.